The molecule has 0 fully saturated rings. The zero-order valence-corrected chi connectivity index (χ0v) is 17.0. The van der Waals surface area contributed by atoms with E-state index in [4.69, 9.17) is 5.73 Å². The first-order valence-electron chi connectivity index (χ1n) is 9.62. The van der Waals surface area contributed by atoms with Gasteiger partial charge in [-0.1, -0.05) is 18.7 Å². The summed E-state index contributed by atoms with van der Waals surface area (Å²) in [4.78, 5) is 37.9. The van der Waals surface area contributed by atoms with Gasteiger partial charge in [0.25, 0.3) is 5.56 Å². The second-order valence-corrected chi connectivity index (χ2v) is 7.18. The molecule has 0 bridgehead atoms. The van der Waals surface area contributed by atoms with E-state index in [1.807, 2.05) is 31.2 Å². The SMILES string of the molecule is C=C(NC(C)CCC(C)=O)c1ccc(NCc2cnc3nc(N)[nH]c(=O)c3n2)cc1. The molecule has 3 rings (SSSR count). The van der Waals surface area contributed by atoms with Crippen molar-refractivity contribution in [2.75, 3.05) is 11.1 Å². The number of nitrogen functional groups attached to an aromatic ring is 1. The maximum Gasteiger partial charge on any atom is 0.280 e. The first-order chi connectivity index (χ1) is 14.3. The Hall–Kier alpha value is -3.75. The number of carbonyl (C=O) groups excluding carboxylic acids is 1. The van der Waals surface area contributed by atoms with Gasteiger partial charge in [-0.15, -0.1) is 0 Å². The fourth-order valence-corrected chi connectivity index (χ4v) is 2.91. The van der Waals surface area contributed by atoms with Gasteiger partial charge in [-0.2, -0.15) is 4.98 Å². The molecule has 0 saturated carbocycles. The number of fused-ring (bicyclic) bond motifs is 1. The molecule has 0 amide bonds. The minimum absolute atomic E-state index is 0.0112. The van der Waals surface area contributed by atoms with E-state index < -0.39 is 5.56 Å². The number of aromatic amines is 1. The van der Waals surface area contributed by atoms with E-state index in [0.717, 1.165) is 23.4 Å². The summed E-state index contributed by atoms with van der Waals surface area (Å²) in [6.07, 6.45) is 2.88. The Balaban J connectivity index is 1.59. The Morgan fingerprint density at radius 3 is 2.70 bits per heavy atom. The van der Waals surface area contributed by atoms with Gasteiger partial charge in [0.2, 0.25) is 5.95 Å². The number of nitrogens with two attached hydrogens (primary N) is 1. The van der Waals surface area contributed by atoms with Crippen LogP contribution < -0.4 is 21.9 Å². The van der Waals surface area contributed by atoms with Crippen LogP contribution in [0.2, 0.25) is 0 Å². The summed E-state index contributed by atoms with van der Waals surface area (Å²) < 4.78 is 0. The van der Waals surface area contributed by atoms with E-state index in [1.54, 1.807) is 13.1 Å². The van der Waals surface area contributed by atoms with Crippen molar-refractivity contribution in [2.24, 2.45) is 0 Å². The molecule has 3 aromatic rings. The second-order valence-electron chi connectivity index (χ2n) is 7.18. The molecule has 5 N–H and O–H groups in total. The van der Waals surface area contributed by atoms with Crippen LogP contribution in [-0.2, 0) is 11.3 Å². The van der Waals surface area contributed by atoms with Crippen molar-refractivity contribution in [3.8, 4) is 0 Å². The number of nitrogens with zero attached hydrogens (tertiary/aromatic N) is 3. The van der Waals surface area contributed by atoms with Crippen molar-refractivity contribution in [1.82, 2.24) is 25.3 Å². The third-order valence-electron chi connectivity index (χ3n) is 4.54. The minimum atomic E-state index is -0.417. The van der Waals surface area contributed by atoms with Crippen molar-refractivity contribution in [2.45, 2.75) is 39.3 Å². The van der Waals surface area contributed by atoms with Crippen LogP contribution >= 0.6 is 0 Å². The molecule has 156 valence electrons. The Bertz CT molecular complexity index is 1120. The fraction of sp³-hybridized carbons (Fsp3) is 0.286. The van der Waals surface area contributed by atoms with Gasteiger partial charge >= 0.3 is 0 Å². The molecule has 0 aliphatic rings. The molecule has 0 aliphatic heterocycles. The Kier molecular flexibility index (Phi) is 6.41. The Labute approximate surface area is 173 Å². The highest BCUT2D eigenvalue weighted by Crippen LogP contribution is 2.16. The summed E-state index contributed by atoms with van der Waals surface area (Å²) in [5.41, 5.74) is 8.74. The standard InChI is InChI=1S/C21H25N7O2/c1-12(4-5-13(2)29)25-14(3)15-6-8-16(9-7-15)23-10-17-11-24-19-18(26-17)20(30)28-21(22)27-19/h6-9,11-12,23,25H,3-5,10H2,1-2H3,(H3,22,24,27,28,30). The third-order valence-corrected chi connectivity index (χ3v) is 4.54. The number of Topliss-reactive ketones (excluding diaryl/α,β-unsaturated/α-hetero) is 1. The average Bonchev–Trinajstić information content (AvgIpc) is 2.71. The van der Waals surface area contributed by atoms with Crippen LogP contribution in [0.3, 0.4) is 0 Å². The van der Waals surface area contributed by atoms with E-state index in [2.05, 4.69) is 37.1 Å². The van der Waals surface area contributed by atoms with E-state index in [0.29, 0.717) is 18.7 Å². The number of carbonyl (C=O) groups is 1. The predicted molar refractivity (Wildman–Crippen MR) is 118 cm³/mol. The highest BCUT2D eigenvalue weighted by Gasteiger charge is 2.08. The zero-order chi connectivity index (χ0) is 21.7. The summed E-state index contributed by atoms with van der Waals surface area (Å²) in [5, 5.41) is 6.57. The van der Waals surface area contributed by atoms with Crippen LogP contribution in [-0.4, -0.2) is 31.8 Å². The lowest BCUT2D eigenvalue weighted by Gasteiger charge is -2.17. The van der Waals surface area contributed by atoms with Crippen LogP contribution in [0.5, 0.6) is 0 Å². The number of rotatable bonds is 9. The maximum absolute atomic E-state index is 11.9. The van der Waals surface area contributed by atoms with Crippen LogP contribution in [0, 0.1) is 0 Å². The molecule has 2 heterocycles. The molecular formula is C21H25N7O2. The topological polar surface area (TPSA) is 139 Å². The monoisotopic (exact) mass is 407 g/mol. The average molecular weight is 407 g/mol. The molecule has 0 aliphatic carbocycles. The van der Waals surface area contributed by atoms with Crippen molar-refractivity contribution in [3.63, 3.8) is 0 Å². The summed E-state index contributed by atoms with van der Waals surface area (Å²) in [6, 6.07) is 7.95. The van der Waals surface area contributed by atoms with Gasteiger partial charge in [0.1, 0.15) is 5.78 Å². The van der Waals surface area contributed by atoms with Crippen LogP contribution in [0.15, 0.2) is 41.8 Å². The number of hydrogen-bond acceptors (Lipinski definition) is 8. The second kappa shape index (κ2) is 9.17. The van der Waals surface area contributed by atoms with Gasteiger partial charge in [0, 0.05) is 23.8 Å². The van der Waals surface area contributed by atoms with Gasteiger partial charge in [0.15, 0.2) is 11.2 Å². The van der Waals surface area contributed by atoms with Gasteiger partial charge in [-0.05, 0) is 38.0 Å². The highest BCUT2D eigenvalue weighted by molar-refractivity contribution is 5.75. The lowest BCUT2D eigenvalue weighted by atomic mass is 10.1. The van der Waals surface area contributed by atoms with Crippen LogP contribution in [0.4, 0.5) is 11.6 Å². The Morgan fingerprint density at radius 2 is 2.00 bits per heavy atom. The fourth-order valence-electron chi connectivity index (χ4n) is 2.91. The number of H-pyrrole nitrogens is 1. The molecule has 2 aromatic heterocycles. The van der Waals surface area contributed by atoms with Gasteiger partial charge in [0.05, 0.1) is 18.4 Å². The van der Waals surface area contributed by atoms with E-state index in [9.17, 15) is 9.59 Å². The van der Waals surface area contributed by atoms with Gasteiger partial charge in [-0.3, -0.25) is 9.78 Å². The quantitative estimate of drug-likeness (QED) is 0.423. The zero-order valence-electron chi connectivity index (χ0n) is 17.0. The molecule has 30 heavy (non-hydrogen) atoms. The third kappa shape index (κ3) is 5.40. The first kappa shape index (κ1) is 21.0. The predicted octanol–water partition coefficient (Wildman–Crippen LogP) is 2.23. The van der Waals surface area contributed by atoms with E-state index in [-0.39, 0.29) is 28.9 Å². The highest BCUT2D eigenvalue weighted by atomic mass is 16.1. The van der Waals surface area contributed by atoms with Gasteiger partial charge in [-0.25, -0.2) is 9.97 Å². The number of ketones is 1. The van der Waals surface area contributed by atoms with Crippen molar-refractivity contribution in [1.29, 1.82) is 0 Å². The maximum atomic E-state index is 11.9. The van der Waals surface area contributed by atoms with Crippen molar-refractivity contribution < 1.29 is 4.79 Å². The molecule has 0 saturated heterocycles. The molecule has 0 radical (unpaired) electrons. The lowest BCUT2D eigenvalue weighted by molar-refractivity contribution is -0.117. The largest absolute Gasteiger partial charge is 0.383 e. The van der Waals surface area contributed by atoms with Crippen LogP contribution in [0.1, 0.15) is 37.9 Å². The van der Waals surface area contributed by atoms with Crippen LogP contribution in [0.25, 0.3) is 16.9 Å². The summed E-state index contributed by atoms with van der Waals surface area (Å²) in [7, 11) is 0. The number of hydrogen-bond donors (Lipinski definition) is 4. The summed E-state index contributed by atoms with van der Waals surface area (Å²) in [6.45, 7) is 8.10. The minimum Gasteiger partial charge on any atom is -0.383 e. The molecule has 1 aromatic carbocycles. The van der Waals surface area contributed by atoms with E-state index in [1.165, 1.54) is 0 Å². The summed E-state index contributed by atoms with van der Waals surface area (Å²) >= 11 is 0. The van der Waals surface area contributed by atoms with Crippen molar-refractivity contribution >= 4 is 34.3 Å². The van der Waals surface area contributed by atoms with E-state index >= 15 is 0 Å². The smallest absolute Gasteiger partial charge is 0.280 e. The molecule has 1 atom stereocenters. The molecule has 9 nitrogen and oxygen atoms in total. The number of nitrogens with one attached hydrogen (secondary N) is 3. The molecule has 9 heteroatoms. The summed E-state index contributed by atoms with van der Waals surface area (Å²) in [5.74, 6) is 0.197. The number of anilines is 2. The molecular weight excluding hydrogens is 382 g/mol. The number of aromatic nitrogens is 4. The lowest BCUT2D eigenvalue weighted by Crippen LogP contribution is -2.24. The van der Waals surface area contributed by atoms with Crippen molar-refractivity contribution in [3.05, 3.63) is 58.7 Å². The molecule has 0 spiro atoms. The normalized spacial score (nSPS) is 11.8. The molecule has 1 unspecified atom stereocenters. The van der Waals surface area contributed by atoms with Gasteiger partial charge < -0.3 is 21.2 Å². The first-order valence-corrected chi connectivity index (χ1v) is 9.62. The number of benzene rings is 1. The Morgan fingerprint density at radius 1 is 1.27 bits per heavy atom.